The fourth-order valence-corrected chi connectivity index (χ4v) is 3.21. The van der Waals surface area contributed by atoms with Crippen molar-refractivity contribution in [2.45, 2.75) is 31.8 Å². The molecule has 3 rings (SSSR count). The first-order valence-electron chi connectivity index (χ1n) is 9.61. The van der Waals surface area contributed by atoms with Gasteiger partial charge >= 0.3 is 0 Å². The van der Waals surface area contributed by atoms with Crippen LogP contribution in [0.1, 0.15) is 26.7 Å². The molecule has 0 aliphatic carbocycles. The van der Waals surface area contributed by atoms with Crippen LogP contribution in [0.4, 0.5) is 0 Å². The highest BCUT2D eigenvalue weighted by Gasteiger charge is 2.21. The highest BCUT2D eigenvalue weighted by atomic mass is 32.2. The second-order valence-electron chi connectivity index (χ2n) is 5.99. The van der Waals surface area contributed by atoms with Crippen molar-refractivity contribution in [3.8, 4) is 17.4 Å². The molecule has 0 N–H and O–H groups in total. The van der Waals surface area contributed by atoms with E-state index in [1.807, 2.05) is 37.3 Å². The Hall–Kier alpha value is -2.87. The molecule has 0 fully saturated rings. The third-order valence-electron chi connectivity index (χ3n) is 3.91. The van der Waals surface area contributed by atoms with Crippen LogP contribution in [0.3, 0.4) is 0 Å². The van der Waals surface area contributed by atoms with Crippen LogP contribution < -0.4 is 9.47 Å². The smallest absolute Gasteiger partial charge is 0.246 e. The summed E-state index contributed by atoms with van der Waals surface area (Å²) in [4.78, 5) is 19.8. The average Bonchev–Trinajstić information content (AvgIpc) is 3.12. The predicted octanol–water partition coefficient (Wildman–Crippen LogP) is 4.24. The molecule has 7 nitrogen and oxygen atoms in total. The lowest BCUT2D eigenvalue weighted by Gasteiger charge is -2.08. The topological polar surface area (TPSA) is 79.1 Å². The molecule has 0 atom stereocenters. The van der Waals surface area contributed by atoms with Gasteiger partial charge in [-0.2, -0.15) is 14.8 Å². The summed E-state index contributed by atoms with van der Waals surface area (Å²) in [7, 11) is 0. The Kier molecular flexibility index (Phi) is 7.63. The number of aldehydes is 1. The minimum atomic E-state index is 0.266. The van der Waals surface area contributed by atoms with Crippen molar-refractivity contribution >= 4 is 29.1 Å². The average molecular weight is 413 g/mol. The number of ether oxygens (including phenoxy) is 2. The van der Waals surface area contributed by atoms with Crippen LogP contribution in [0, 0.1) is 0 Å². The van der Waals surface area contributed by atoms with E-state index in [0.717, 1.165) is 24.8 Å². The maximum atomic E-state index is 10.8. The first-order valence-corrected chi connectivity index (χ1v) is 10.6. The summed E-state index contributed by atoms with van der Waals surface area (Å²) in [5.41, 5.74) is 1.96. The van der Waals surface area contributed by atoms with Crippen LogP contribution in [-0.2, 0) is 4.79 Å². The van der Waals surface area contributed by atoms with Gasteiger partial charge in [-0.05, 0) is 31.9 Å². The van der Waals surface area contributed by atoms with Gasteiger partial charge in [-0.1, -0.05) is 49.0 Å². The number of nitrogens with zero attached hydrogens (tertiary/aromatic N) is 4. The molecule has 0 aliphatic rings. The lowest BCUT2D eigenvalue weighted by Crippen LogP contribution is -2.04. The van der Waals surface area contributed by atoms with E-state index in [1.165, 1.54) is 11.8 Å². The summed E-state index contributed by atoms with van der Waals surface area (Å²) in [6.45, 7) is 4.92. The molecule has 0 radical (unpaired) electrons. The van der Waals surface area contributed by atoms with Gasteiger partial charge in [-0.25, -0.2) is 4.98 Å². The zero-order chi connectivity index (χ0) is 20.5. The van der Waals surface area contributed by atoms with Crippen LogP contribution in [0.15, 0.2) is 47.6 Å². The van der Waals surface area contributed by atoms with Crippen LogP contribution in [0.5, 0.6) is 11.8 Å². The Morgan fingerprint density at radius 3 is 2.62 bits per heavy atom. The standard InChI is InChI=1S/C21H24N4O3S/c1-3-5-6-10-14-28-20-18-17(24-25(20)16-11-8-7-9-12-16)19(27-4-2)23-21(22-18)29-15-13-26/h5-9,11-13H,3-4,10,14-15H2,1-2H3. The molecule has 0 amide bonds. The molecule has 2 heterocycles. The first-order chi connectivity index (χ1) is 14.3. The van der Waals surface area contributed by atoms with Crippen molar-refractivity contribution < 1.29 is 14.3 Å². The summed E-state index contributed by atoms with van der Waals surface area (Å²) < 4.78 is 13.5. The van der Waals surface area contributed by atoms with Gasteiger partial charge in [0.15, 0.2) is 16.2 Å². The number of thioether (sulfide) groups is 1. The number of allylic oxidation sites excluding steroid dienone is 1. The van der Waals surface area contributed by atoms with E-state index in [0.29, 0.717) is 41.2 Å². The van der Waals surface area contributed by atoms with E-state index >= 15 is 0 Å². The van der Waals surface area contributed by atoms with Crippen molar-refractivity contribution in [2.24, 2.45) is 0 Å². The fraction of sp³-hybridized carbons (Fsp3) is 0.333. The zero-order valence-electron chi connectivity index (χ0n) is 16.6. The van der Waals surface area contributed by atoms with Crippen LogP contribution in [0.2, 0.25) is 0 Å². The van der Waals surface area contributed by atoms with E-state index in [1.54, 1.807) is 4.68 Å². The molecule has 0 unspecified atom stereocenters. The molecule has 0 aliphatic heterocycles. The Labute approximate surface area is 174 Å². The van der Waals surface area contributed by atoms with E-state index in [2.05, 4.69) is 34.1 Å². The largest absolute Gasteiger partial charge is 0.476 e. The molecule has 0 saturated heterocycles. The van der Waals surface area contributed by atoms with Crippen molar-refractivity contribution in [2.75, 3.05) is 19.0 Å². The Morgan fingerprint density at radius 2 is 1.90 bits per heavy atom. The van der Waals surface area contributed by atoms with Crippen molar-refractivity contribution in [3.63, 3.8) is 0 Å². The summed E-state index contributed by atoms with van der Waals surface area (Å²) in [5, 5.41) is 5.14. The maximum Gasteiger partial charge on any atom is 0.246 e. The second-order valence-corrected chi connectivity index (χ2v) is 6.98. The number of fused-ring (bicyclic) bond motifs is 1. The minimum Gasteiger partial charge on any atom is -0.476 e. The van der Waals surface area contributed by atoms with Gasteiger partial charge in [0.25, 0.3) is 0 Å². The summed E-state index contributed by atoms with van der Waals surface area (Å²) in [6, 6.07) is 9.73. The predicted molar refractivity (Wildman–Crippen MR) is 114 cm³/mol. The summed E-state index contributed by atoms with van der Waals surface area (Å²) in [6.07, 6.45) is 6.80. The van der Waals surface area contributed by atoms with E-state index in [-0.39, 0.29) is 5.75 Å². The van der Waals surface area contributed by atoms with E-state index < -0.39 is 0 Å². The first kappa shape index (κ1) is 20.9. The molecular formula is C21H24N4O3S. The second kappa shape index (κ2) is 10.6. The zero-order valence-corrected chi connectivity index (χ0v) is 17.4. The minimum absolute atomic E-state index is 0.266. The highest BCUT2D eigenvalue weighted by molar-refractivity contribution is 7.99. The van der Waals surface area contributed by atoms with Gasteiger partial charge in [-0.15, -0.1) is 0 Å². The molecule has 2 aromatic heterocycles. The summed E-state index contributed by atoms with van der Waals surface area (Å²) in [5.74, 6) is 1.19. The number of carbonyl (C=O) groups excluding carboxylic acids is 1. The van der Waals surface area contributed by atoms with Crippen LogP contribution in [-0.4, -0.2) is 45.0 Å². The number of benzene rings is 1. The quantitative estimate of drug-likeness (QED) is 0.153. The SMILES string of the molecule is CCC=CCCOc1c2nc(SCC=O)nc(OCC)c2nn1-c1ccccc1. The molecule has 1 aromatic carbocycles. The number of hydrogen-bond acceptors (Lipinski definition) is 7. The molecule has 3 aromatic rings. The Balaban J connectivity index is 2.08. The monoisotopic (exact) mass is 412 g/mol. The fourth-order valence-electron chi connectivity index (χ4n) is 2.69. The van der Waals surface area contributed by atoms with E-state index in [9.17, 15) is 4.79 Å². The van der Waals surface area contributed by atoms with Crippen LogP contribution >= 0.6 is 11.8 Å². The normalized spacial score (nSPS) is 11.2. The number of carbonyl (C=O) groups is 1. The van der Waals surface area contributed by atoms with Gasteiger partial charge in [-0.3, -0.25) is 0 Å². The van der Waals surface area contributed by atoms with Gasteiger partial charge < -0.3 is 14.3 Å². The van der Waals surface area contributed by atoms with Gasteiger partial charge in [0.05, 0.1) is 24.7 Å². The number of para-hydroxylation sites is 1. The number of aromatic nitrogens is 4. The molecule has 0 bridgehead atoms. The van der Waals surface area contributed by atoms with Crippen LogP contribution in [0.25, 0.3) is 16.7 Å². The Morgan fingerprint density at radius 1 is 1.07 bits per heavy atom. The van der Waals surface area contributed by atoms with Gasteiger partial charge in [0.2, 0.25) is 11.8 Å². The van der Waals surface area contributed by atoms with Gasteiger partial charge in [0.1, 0.15) is 6.29 Å². The molecule has 152 valence electrons. The van der Waals surface area contributed by atoms with E-state index in [4.69, 9.17) is 9.47 Å². The molecule has 8 heteroatoms. The maximum absolute atomic E-state index is 10.8. The van der Waals surface area contributed by atoms with Crippen molar-refractivity contribution in [1.29, 1.82) is 0 Å². The Bertz CT molecular complexity index is 973. The number of rotatable bonds is 11. The lowest BCUT2D eigenvalue weighted by molar-refractivity contribution is -0.105. The lowest BCUT2D eigenvalue weighted by atomic mass is 10.3. The van der Waals surface area contributed by atoms with Crippen molar-refractivity contribution in [3.05, 3.63) is 42.5 Å². The number of hydrogen-bond donors (Lipinski definition) is 0. The third-order valence-corrected chi connectivity index (χ3v) is 4.66. The summed E-state index contributed by atoms with van der Waals surface area (Å²) >= 11 is 1.25. The molecular weight excluding hydrogens is 388 g/mol. The van der Waals surface area contributed by atoms with Gasteiger partial charge in [0, 0.05) is 0 Å². The highest BCUT2D eigenvalue weighted by Crippen LogP contribution is 2.33. The molecule has 0 saturated carbocycles. The third kappa shape index (κ3) is 5.14. The van der Waals surface area contributed by atoms with Crippen molar-refractivity contribution in [1.82, 2.24) is 19.7 Å². The molecule has 0 spiro atoms. The molecule has 29 heavy (non-hydrogen) atoms.